The minimum absolute atomic E-state index is 0.0408. The maximum atomic E-state index is 14.2. The molecule has 3 aromatic rings. The number of benzene rings is 1. The largest absolute Gasteiger partial charge is 0.510 e. The summed E-state index contributed by atoms with van der Waals surface area (Å²) in [6.45, 7) is 1.56. The van der Waals surface area contributed by atoms with Crippen molar-refractivity contribution in [3.63, 3.8) is 0 Å². The zero-order valence-corrected chi connectivity index (χ0v) is 29.2. The zero-order chi connectivity index (χ0) is 41.3. The zero-order valence-electron chi connectivity index (χ0n) is 28.5. The molecule has 55 heavy (non-hydrogen) atoms. The van der Waals surface area contributed by atoms with Crippen LogP contribution in [0.4, 0.5) is 39.9 Å². The Hall–Kier alpha value is -5.72. The van der Waals surface area contributed by atoms with Crippen LogP contribution in [-0.4, -0.2) is 85.2 Å². The van der Waals surface area contributed by atoms with Gasteiger partial charge >= 0.3 is 36.4 Å². The van der Waals surface area contributed by atoms with Gasteiger partial charge in [-0.15, -0.1) is 0 Å². The molecule has 0 bridgehead atoms. The van der Waals surface area contributed by atoms with Crippen LogP contribution in [0.1, 0.15) is 48.3 Å². The number of hydrogen-bond acceptors (Lipinski definition) is 10. The van der Waals surface area contributed by atoms with E-state index in [1.807, 2.05) is 6.07 Å². The number of hydrogen-bond donors (Lipinski definition) is 1. The quantitative estimate of drug-likeness (QED) is 0.0872. The number of aromatic nitrogens is 4. The lowest BCUT2D eigenvalue weighted by atomic mass is 9.96. The molecule has 0 atom stereocenters. The van der Waals surface area contributed by atoms with Crippen molar-refractivity contribution in [2.45, 2.75) is 50.5 Å². The van der Waals surface area contributed by atoms with Crippen molar-refractivity contribution >= 4 is 35.6 Å². The van der Waals surface area contributed by atoms with Crippen LogP contribution in [-0.2, 0) is 42.9 Å². The molecule has 4 rings (SSSR count). The summed E-state index contributed by atoms with van der Waals surface area (Å²) in [7, 11) is 0.707. The fraction of sp³-hybridized carbons (Fsp3) is 0.406. The van der Waals surface area contributed by atoms with E-state index in [2.05, 4.69) is 10.2 Å². The highest BCUT2D eigenvalue weighted by molar-refractivity contribution is 6.34. The van der Waals surface area contributed by atoms with Gasteiger partial charge in [0.15, 0.2) is 18.2 Å². The van der Waals surface area contributed by atoms with Gasteiger partial charge in [-0.1, -0.05) is 31.5 Å². The molecule has 1 aliphatic carbocycles. The predicted octanol–water partition coefficient (Wildman–Crippen LogP) is 6.42. The first-order chi connectivity index (χ1) is 25.3. The first-order valence-corrected chi connectivity index (χ1v) is 15.8. The van der Waals surface area contributed by atoms with E-state index in [1.54, 1.807) is 0 Å². The second-order valence-corrected chi connectivity index (χ2v) is 13.1. The number of amides is 1. The first kappa shape index (κ1) is 42.0. The van der Waals surface area contributed by atoms with E-state index in [-0.39, 0.29) is 52.5 Å². The Labute approximate surface area is 309 Å². The molecule has 23 heteroatoms. The number of carboxylic acids is 1. The number of ether oxygens (including phenoxy) is 3. The van der Waals surface area contributed by atoms with Gasteiger partial charge in [-0.25, -0.2) is 23.7 Å². The second kappa shape index (κ2) is 15.2. The predicted molar refractivity (Wildman–Crippen MR) is 168 cm³/mol. The number of alkyl halides is 8. The number of aliphatic carboxylic acids is 1. The molecule has 1 fully saturated rings. The summed E-state index contributed by atoms with van der Waals surface area (Å²) >= 11 is 6.31. The number of nitrogens with zero attached hydrogens (tertiary/aromatic N) is 6. The van der Waals surface area contributed by atoms with Crippen molar-refractivity contribution in [3.05, 3.63) is 64.6 Å². The molecule has 1 amide bonds. The van der Waals surface area contributed by atoms with Crippen molar-refractivity contribution < 1.29 is 73.6 Å². The first-order valence-electron chi connectivity index (χ1n) is 15.4. The third-order valence-electron chi connectivity index (χ3n) is 7.84. The van der Waals surface area contributed by atoms with Gasteiger partial charge in [-0.2, -0.15) is 50.6 Å². The average Bonchev–Trinajstić information content (AvgIpc) is 3.55. The molecule has 1 aliphatic rings. The second-order valence-electron chi connectivity index (χ2n) is 12.7. The monoisotopic (exact) mass is 810 g/mol. The molecule has 296 valence electrons. The minimum Gasteiger partial charge on any atom is -0.478 e. The van der Waals surface area contributed by atoms with E-state index < -0.39 is 77.0 Å². The molecule has 0 saturated heterocycles. The van der Waals surface area contributed by atoms with E-state index in [1.165, 1.54) is 26.0 Å². The summed E-state index contributed by atoms with van der Waals surface area (Å²) in [6.07, 6.45) is -10.1. The topological polar surface area (TPSA) is 179 Å². The third kappa shape index (κ3) is 9.33. The van der Waals surface area contributed by atoms with Crippen molar-refractivity contribution in [2.75, 3.05) is 19.9 Å². The molecule has 1 aromatic carbocycles. The van der Waals surface area contributed by atoms with Crippen molar-refractivity contribution in [3.8, 4) is 23.0 Å². The lowest BCUT2D eigenvalue weighted by Crippen LogP contribution is -2.43. The molecule has 2 aromatic heterocycles. The van der Waals surface area contributed by atoms with Gasteiger partial charge in [0, 0.05) is 36.4 Å². The molecule has 0 radical (unpaired) electrons. The van der Waals surface area contributed by atoms with E-state index in [9.17, 15) is 59.6 Å². The molecular weight excluding hydrogens is 784 g/mol. The Balaban J connectivity index is 1.56. The fourth-order valence-corrected chi connectivity index (χ4v) is 5.04. The third-order valence-corrected chi connectivity index (χ3v) is 8.17. The average molecular weight is 811 g/mol. The Morgan fingerprint density at radius 1 is 1.02 bits per heavy atom. The lowest BCUT2D eigenvalue weighted by molar-refractivity contribution is -0.292. The summed E-state index contributed by atoms with van der Waals surface area (Å²) in [5.74, 6) is -10.6. The normalized spacial score (nSPS) is 14.3. The van der Waals surface area contributed by atoms with Crippen molar-refractivity contribution in [1.82, 2.24) is 24.5 Å². The number of nitriles is 1. The fourth-order valence-electron chi connectivity index (χ4n) is 4.84. The maximum absolute atomic E-state index is 14.2. The van der Waals surface area contributed by atoms with Gasteiger partial charge in [-0.3, -0.25) is 9.69 Å². The van der Waals surface area contributed by atoms with Crippen LogP contribution in [0, 0.1) is 16.7 Å². The van der Waals surface area contributed by atoms with E-state index >= 15 is 0 Å². The van der Waals surface area contributed by atoms with Crippen LogP contribution < -0.4 is 0 Å². The summed E-state index contributed by atoms with van der Waals surface area (Å²) < 4.78 is 125. The molecule has 0 aliphatic heterocycles. The molecule has 0 spiro atoms. The van der Waals surface area contributed by atoms with Gasteiger partial charge in [0.05, 0.1) is 29.5 Å². The number of rotatable bonds is 13. The summed E-state index contributed by atoms with van der Waals surface area (Å²) in [6, 6.07) is 5.58. The van der Waals surface area contributed by atoms with Gasteiger partial charge in [-0.05, 0) is 30.5 Å². The van der Waals surface area contributed by atoms with Crippen LogP contribution >= 0.6 is 11.6 Å². The number of carbonyl (C=O) groups is 4. The van der Waals surface area contributed by atoms with Crippen molar-refractivity contribution in [1.29, 1.82) is 5.26 Å². The smallest absolute Gasteiger partial charge is 0.478 e. The Morgan fingerprint density at radius 2 is 1.65 bits per heavy atom. The highest BCUT2D eigenvalue weighted by atomic mass is 35.5. The van der Waals surface area contributed by atoms with Crippen LogP contribution in [0.5, 0.6) is 0 Å². The summed E-state index contributed by atoms with van der Waals surface area (Å²) in [5, 5.41) is 24.8. The van der Waals surface area contributed by atoms with Crippen LogP contribution in [0.25, 0.3) is 16.9 Å². The van der Waals surface area contributed by atoms with Crippen LogP contribution in [0.2, 0.25) is 5.02 Å². The number of carbonyl (C=O) groups excluding carboxylic acids is 3. The molecule has 1 N–H and O–H groups in total. The number of carboxylic acid groups (broad SMARTS) is 1. The Bertz CT molecular complexity index is 2060. The molecule has 0 unspecified atom stereocenters. The standard InChI is InChI=1S/C32H27ClF8N6O8/c1-28(2,14-53-22(50)7-6-21(48)49)15-54-27(52)55-16-46(29(13-42)8-9-29)26(51)19-10-17(4-5-20(19)33)18-11-43-47(12-18)25-23(31(36,37)38)24(44-45(25)3)30(34,35)32(39,40)41/h4-7,10-12H,8-9,14-16H2,1-3H3,(H,48,49)/b7-6+. The van der Waals surface area contributed by atoms with Gasteiger partial charge in [0.25, 0.3) is 5.91 Å². The van der Waals surface area contributed by atoms with Crippen LogP contribution in [0.3, 0.4) is 0 Å². The van der Waals surface area contributed by atoms with Gasteiger partial charge < -0.3 is 19.3 Å². The highest BCUT2D eigenvalue weighted by Crippen LogP contribution is 2.49. The lowest BCUT2D eigenvalue weighted by Gasteiger charge is -2.28. The number of esters is 1. The van der Waals surface area contributed by atoms with E-state index in [4.69, 9.17) is 30.9 Å². The van der Waals surface area contributed by atoms with E-state index in [0.717, 1.165) is 23.4 Å². The SMILES string of the molecule is Cn1nc(C(F)(F)C(F)(F)F)c(C(F)(F)F)c1-n1cc(-c2ccc(Cl)c(C(=O)N(COC(=O)OCC(C)(C)COC(=O)/C=C/C(=O)O)C3(C#N)CC3)c2)cn1. The molecule has 14 nitrogen and oxygen atoms in total. The minimum atomic E-state index is -6.41. The van der Waals surface area contributed by atoms with Crippen LogP contribution in [0.15, 0.2) is 42.7 Å². The Morgan fingerprint density at radius 3 is 2.22 bits per heavy atom. The maximum Gasteiger partial charge on any atom is 0.510 e. The number of aryl methyl sites for hydroxylation is 1. The van der Waals surface area contributed by atoms with Crippen molar-refractivity contribution in [2.24, 2.45) is 12.5 Å². The summed E-state index contributed by atoms with van der Waals surface area (Å²) in [5.41, 5.74) is -7.74. The summed E-state index contributed by atoms with van der Waals surface area (Å²) in [4.78, 5) is 49.4. The highest BCUT2D eigenvalue weighted by Gasteiger charge is 2.64. The molecule has 1 saturated carbocycles. The van der Waals surface area contributed by atoms with Gasteiger partial charge in [0.1, 0.15) is 17.7 Å². The molecular formula is C32H27ClF8N6O8. The number of halogens is 9. The molecule has 2 heterocycles. The van der Waals surface area contributed by atoms with E-state index in [0.29, 0.717) is 23.9 Å². The Kier molecular flexibility index (Phi) is 11.6. The van der Waals surface area contributed by atoms with Gasteiger partial charge in [0.2, 0.25) is 0 Å².